The minimum absolute atomic E-state index is 0.737. The monoisotopic (exact) mass is 211 g/mol. The lowest BCUT2D eigenvalue weighted by Gasteiger charge is -2.07. The highest BCUT2D eigenvalue weighted by molar-refractivity contribution is 5.69. The molecule has 2 heterocycles. The molecule has 0 unspecified atom stereocenters. The van der Waals surface area contributed by atoms with Crippen LogP contribution in [0.4, 0.5) is 0 Å². The molecule has 0 radical (unpaired) electrons. The predicted molar refractivity (Wildman–Crippen MR) is 65.7 cm³/mol. The summed E-state index contributed by atoms with van der Waals surface area (Å²) in [6, 6.07) is 1.93. The third kappa shape index (κ3) is 1.80. The molecule has 3 heteroatoms. The summed E-state index contributed by atoms with van der Waals surface area (Å²) in [6.45, 7) is 8.26. The van der Waals surface area contributed by atoms with Crippen LogP contribution < -0.4 is 0 Å². The molecule has 0 amide bonds. The fourth-order valence-electron chi connectivity index (χ4n) is 1.61. The van der Waals surface area contributed by atoms with Crippen molar-refractivity contribution in [3.8, 4) is 11.4 Å². The molecule has 80 valence electrons. The van der Waals surface area contributed by atoms with Crippen LogP contribution in [0.3, 0.4) is 0 Å². The van der Waals surface area contributed by atoms with E-state index in [9.17, 15) is 0 Å². The van der Waals surface area contributed by atoms with Crippen molar-refractivity contribution in [2.24, 2.45) is 0 Å². The number of allylic oxidation sites excluding steroid dienone is 1. The van der Waals surface area contributed by atoms with Gasteiger partial charge in [-0.1, -0.05) is 18.7 Å². The number of aromatic nitrogens is 3. The highest BCUT2D eigenvalue weighted by Crippen LogP contribution is 2.21. The van der Waals surface area contributed by atoms with Crippen LogP contribution in [-0.4, -0.2) is 14.5 Å². The lowest BCUT2D eigenvalue weighted by atomic mass is 10.1. The number of nitrogens with zero attached hydrogens (tertiary/aromatic N) is 3. The van der Waals surface area contributed by atoms with Gasteiger partial charge in [-0.2, -0.15) is 0 Å². The molecule has 0 aliphatic heterocycles. The van der Waals surface area contributed by atoms with E-state index in [-0.39, 0.29) is 0 Å². The SMILES string of the molecule is C=CCn1ccnc1-c1cnccc1C=C. The Kier molecular flexibility index (Phi) is 2.96. The van der Waals surface area contributed by atoms with Gasteiger partial charge in [0.1, 0.15) is 5.82 Å². The summed E-state index contributed by atoms with van der Waals surface area (Å²) in [5.41, 5.74) is 2.02. The van der Waals surface area contributed by atoms with Gasteiger partial charge in [-0.05, 0) is 11.6 Å². The summed E-state index contributed by atoms with van der Waals surface area (Å²) in [7, 11) is 0. The Balaban J connectivity index is 2.53. The normalized spacial score (nSPS) is 10.0. The van der Waals surface area contributed by atoms with Crippen molar-refractivity contribution in [3.63, 3.8) is 0 Å². The standard InChI is InChI=1S/C13H13N3/c1-3-8-16-9-7-15-13(16)12-10-14-6-5-11(12)4-2/h3-7,9-10H,1-2,8H2. The molecule has 0 N–H and O–H groups in total. The van der Waals surface area contributed by atoms with E-state index < -0.39 is 0 Å². The molecule has 0 fully saturated rings. The van der Waals surface area contributed by atoms with Crippen molar-refractivity contribution in [1.29, 1.82) is 0 Å². The largest absolute Gasteiger partial charge is 0.327 e. The van der Waals surface area contributed by atoms with E-state index >= 15 is 0 Å². The molecule has 2 aromatic heterocycles. The highest BCUT2D eigenvalue weighted by atomic mass is 15.1. The molecule has 0 saturated carbocycles. The Hall–Kier alpha value is -2.16. The zero-order valence-corrected chi connectivity index (χ0v) is 9.00. The Morgan fingerprint density at radius 2 is 2.19 bits per heavy atom. The molecular weight excluding hydrogens is 198 g/mol. The minimum atomic E-state index is 0.737. The van der Waals surface area contributed by atoms with Gasteiger partial charge in [0.2, 0.25) is 0 Å². The number of hydrogen-bond acceptors (Lipinski definition) is 2. The summed E-state index contributed by atoms with van der Waals surface area (Å²) in [5, 5.41) is 0. The first-order chi connectivity index (χ1) is 7.86. The van der Waals surface area contributed by atoms with Gasteiger partial charge in [0.15, 0.2) is 0 Å². The third-order valence-corrected chi connectivity index (χ3v) is 2.36. The Morgan fingerprint density at radius 1 is 1.31 bits per heavy atom. The number of pyridine rings is 1. The van der Waals surface area contributed by atoms with Crippen molar-refractivity contribution >= 4 is 6.08 Å². The first-order valence-electron chi connectivity index (χ1n) is 5.05. The molecule has 2 aromatic rings. The molecule has 0 spiro atoms. The molecule has 0 aromatic carbocycles. The second-order valence-corrected chi connectivity index (χ2v) is 3.36. The average molecular weight is 211 g/mol. The van der Waals surface area contributed by atoms with E-state index in [1.165, 1.54) is 0 Å². The van der Waals surface area contributed by atoms with E-state index in [1.807, 2.05) is 29.0 Å². The minimum Gasteiger partial charge on any atom is -0.327 e. The molecule has 0 bridgehead atoms. The second kappa shape index (κ2) is 4.57. The lowest BCUT2D eigenvalue weighted by Crippen LogP contribution is -1.98. The summed E-state index contributed by atoms with van der Waals surface area (Å²) >= 11 is 0. The van der Waals surface area contributed by atoms with Gasteiger partial charge < -0.3 is 4.57 Å². The van der Waals surface area contributed by atoms with Gasteiger partial charge >= 0.3 is 0 Å². The maximum atomic E-state index is 4.34. The zero-order valence-electron chi connectivity index (χ0n) is 9.00. The fourth-order valence-corrected chi connectivity index (χ4v) is 1.61. The zero-order chi connectivity index (χ0) is 11.4. The van der Waals surface area contributed by atoms with E-state index in [0.29, 0.717) is 0 Å². The van der Waals surface area contributed by atoms with Crippen LogP contribution in [0.15, 0.2) is 50.1 Å². The number of hydrogen-bond donors (Lipinski definition) is 0. The van der Waals surface area contributed by atoms with Gasteiger partial charge in [-0.15, -0.1) is 6.58 Å². The highest BCUT2D eigenvalue weighted by Gasteiger charge is 2.08. The topological polar surface area (TPSA) is 30.7 Å². The van der Waals surface area contributed by atoms with E-state index in [4.69, 9.17) is 0 Å². The summed E-state index contributed by atoms with van der Waals surface area (Å²) in [4.78, 5) is 8.46. The van der Waals surface area contributed by atoms with Crippen molar-refractivity contribution in [1.82, 2.24) is 14.5 Å². The Morgan fingerprint density at radius 3 is 2.94 bits per heavy atom. The summed E-state index contributed by atoms with van der Waals surface area (Å²) in [6.07, 6.45) is 10.9. The Labute approximate surface area is 94.8 Å². The van der Waals surface area contributed by atoms with E-state index in [2.05, 4.69) is 23.1 Å². The molecule has 0 atom stereocenters. The van der Waals surface area contributed by atoms with Gasteiger partial charge in [0.25, 0.3) is 0 Å². The summed E-state index contributed by atoms with van der Waals surface area (Å²) in [5.74, 6) is 0.892. The maximum Gasteiger partial charge on any atom is 0.142 e. The summed E-state index contributed by atoms with van der Waals surface area (Å²) < 4.78 is 2.02. The maximum absolute atomic E-state index is 4.34. The quantitative estimate of drug-likeness (QED) is 0.728. The fraction of sp³-hybridized carbons (Fsp3) is 0.0769. The van der Waals surface area contributed by atoms with Crippen LogP contribution in [-0.2, 0) is 6.54 Å². The van der Waals surface area contributed by atoms with Gasteiger partial charge in [0.05, 0.1) is 0 Å². The van der Waals surface area contributed by atoms with Crippen LogP contribution >= 0.6 is 0 Å². The van der Waals surface area contributed by atoms with Crippen molar-refractivity contribution in [2.75, 3.05) is 0 Å². The van der Waals surface area contributed by atoms with Crippen molar-refractivity contribution in [3.05, 3.63) is 55.7 Å². The number of imidazole rings is 1. The molecule has 3 nitrogen and oxygen atoms in total. The molecule has 16 heavy (non-hydrogen) atoms. The molecular formula is C13H13N3. The van der Waals surface area contributed by atoms with Crippen LogP contribution in [0.1, 0.15) is 5.56 Å². The van der Waals surface area contributed by atoms with Gasteiger partial charge in [-0.25, -0.2) is 4.98 Å². The average Bonchev–Trinajstić information content (AvgIpc) is 2.77. The van der Waals surface area contributed by atoms with E-state index in [1.54, 1.807) is 18.6 Å². The van der Waals surface area contributed by atoms with Gasteiger partial charge in [-0.3, -0.25) is 4.98 Å². The van der Waals surface area contributed by atoms with Gasteiger partial charge in [0, 0.05) is 36.9 Å². The molecule has 2 rings (SSSR count). The van der Waals surface area contributed by atoms with Crippen LogP contribution in [0, 0.1) is 0 Å². The lowest BCUT2D eigenvalue weighted by molar-refractivity contribution is 0.831. The van der Waals surface area contributed by atoms with Crippen LogP contribution in [0.25, 0.3) is 17.5 Å². The first kappa shape index (κ1) is 10.4. The molecule has 0 aliphatic rings. The predicted octanol–water partition coefficient (Wildman–Crippen LogP) is 2.77. The van der Waals surface area contributed by atoms with Crippen molar-refractivity contribution in [2.45, 2.75) is 6.54 Å². The van der Waals surface area contributed by atoms with Crippen LogP contribution in [0.5, 0.6) is 0 Å². The van der Waals surface area contributed by atoms with Crippen LogP contribution in [0.2, 0.25) is 0 Å². The Bertz CT molecular complexity index is 511. The smallest absolute Gasteiger partial charge is 0.142 e. The third-order valence-electron chi connectivity index (χ3n) is 2.36. The van der Waals surface area contributed by atoms with E-state index in [0.717, 1.165) is 23.5 Å². The molecule has 0 aliphatic carbocycles. The number of rotatable bonds is 4. The van der Waals surface area contributed by atoms with Crippen molar-refractivity contribution < 1.29 is 0 Å². The second-order valence-electron chi connectivity index (χ2n) is 3.36. The first-order valence-corrected chi connectivity index (χ1v) is 5.05. The molecule has 0 saturated heterocycles.